The van der Waals surface area contributed by atoms with Crippen LogP contribution >= 0.6 is 15.9 Å². The summed E-state index contributed by atoms with van der Waals surface area (Å²) in [6, 6.07) is 27.3. The molecule has 0 unspecified atom stereocenters. The third-order valence-corrected chi connectivity index (χ3v) is 10.1. The third-order valence-electron chi connectivity index (χ3n) is 9.61. The molecule has 2 fully saturated rings. The zero-order valence-electron chi connectivity index (χ0n) is 30.7. The van der Waals surface area contributed by atoms with Gasteiger partial charge in [0.2, 0.25) is 23.5 Å². The quantitative estimate of drug-likeness (QED) is 0.121. The lowest BCUT2D eigenvalue weighted by atomic mass is 9.87. The number of esters is 2. The van der Waals surface area contributed by atoms with E-state index in [4.69, 9.17) is 24.1 Å². The Morgan fingerprint density at radius 3 is 1.47 bits per heavy atom. The van der Waals surface area contributed by atoms with Gasteiger partial charge in [-0.15, -0.1) is 0 Å². The number of carbonyl (C=O) groups is 4. The van der Waals surface area contributed by atoms with Gasteiger partial charge < -0.3 is 29.2 Å². The number of rotatable bonds is 11. The molecule has 2 saturated carbocycles. The maximum Gasteiger partial charge on any atom is 0.344 e. The van der Waals surface area contributed by atoms with Crippen LogP contribution < -0.4 is 18.9 Å². The van der Waals surface area contributed by atoms with Crippen LogP contribution in [0.2, 0.25) is 0 Å². The predicted octanol–water partition coefficient (Wildman–Crippen LogP) is 8.47. The Kier molecular flexibility index (Phi) is 14.0. The van der Waals surface area contributed by atoms with Gasteiger partial charge in [0, 0.05) is 46.2 Å². The molecule has 14 heteroatoms. The summed E-state index contributed by atoms with van der Waals surface area (Å²) >= 11 is 3.31. The van der Waals surface area contributed by atoms with Crippen LogP contribution in [0.4, 0.5) is 0 Å². The first kappa shape index (κ1) is 40.5. The monoisotopic (exact) mass is 837 g/mol. The highest BCUT2D eigenvalue weighted by Crippen LogP contribution is 2.33. The fraction of sp³-hybridized carbons (Fsp3) is 0.279. The summed E-state index contributed by atoms with van der Waals surface area (Å²) in [6.07, 6.45) is 8.65. The molecule has 13 nitrogen and oxygen atoms in total. The largest absolute Gasteiger partial charge is 0.481 e. The summed E-state index contributed by atoms with van der Waals surface area (Å²) in [6.45, 7) is 0. The van der Waals surface area contributed by atoms with E-state index in [0.717, 1.165) is 17.3 Å². The minimum absolute atomic E-state index is 0.0293. The standard InChI is InChI=1S/C31H26N2O7.C12H14BrNO3/c34-29(35)20-11-14-24(15-12-20)38-26-17-13-23(19-32-26)25-16-18-27(39-30(36)21-7-3-1-4-8-21)33-28(25)40-31(37)22-9-5-2-6-10-22;13-9-3-6-11(14-7-9)17-10-4-1-8(2-5-10)12(15)16/h1-10,13,16-20,24H,11-12,14-15H2,(H,34,35);3,6-8,10H,1-2,4-5H2,(H,15,16). The van der Waals surface area contributed by atoms with Crippen molar-refractivity contribution in [1.82, 2.24) is 15.0 Å². The van der Waals surface area contributed by atoms with Crippen molar-refractivity contribution in [3.63, 3.8) is 0 Å². The number of carboxylic acids is 2. The SMILES string of the molecule is O=C(O)C1CCC(Oc2ccc(Br)cn2)CC1.O=C(Oc1ccc(-c2ccc(OC3CCC(C(=O)O)CC3)nc2)c(OC(=O)c2ccccc2)n1)c1ccccc1. The van der Waals surface area contributed by atoms with Crippen molar-refractivity contribution in [1.29, 1.82) is 0 Å². The smallest absolute Gasteiger partial charge is 0.344 e. The van der Waals surface area contributed by atoms with Crippen molar-refractivity contribution in [2.45, 2.75) is 63.6 Å². The van der Waals surface area contributed by atoms with Gasteiger partial charge in [0.1, 0.15) is 12.2 Å². The number of halogens is 1. The van der Waals surface area contributed by atoms with Gasteiger partial charge in [0.05, 0.1) is 23.0 Å². The number of hydrogen-bond acceptors (Lipinski definition) is 11. The molecule has 0 atom stereocenters. The number of benzene rings is 2. The molecule has 0 radical (unpaired) electrons. The number of carbonyl (C=O) groups excluding carboxylic acids is 2. The number of ether oxygens (including phenoxy) is 4. The van der Waals surface area contributed by atoms with Gasteiger partial charge >= 0.3 is 23.9 Å². The summed E-state index contributed by atoms with van der Waals surface area (Å²) in [7, 11) is 0. The minimum atomic E-state index is -0.765. The molecule has 2 N–H and O–H groups in total. The average molecular weight is 839 g/mol. The van der Waals surface area contributed by atoms with E-state index in [9.17, 15) is 24.3 Å². The van der Waals surface area contributed by atoms with Gasteiger partial charge in [-0.25, -0.2) is 19.6 Å². The van der Waals surface area contributed by atoms with Crippen LogP contribution in [0, 0.1) is 11.8 Å². The Balaban J connectivity index is 0.000000269. The minimum Gasteiger partial charge on any atom is -0.481 e. The van der Waals surface area contributed by atoms with Gasteiger partial charge in [-0.2, -0.15) is 4.98 Å². The molecule has 0 amide bonds. The topological polar surface area (TPSA) is 184 Å². The molecule has 2 aliphatic carbocycles. The van der Waals surface area contributed by atoms with E-state index in [1.807, 2.05) is 12.1 Å². The Hall–Kier alpha value is -6.15. The van der Waals surface area contributed by atoms with E-state index in [1.54, 1.807) is 91.3 Å². The first-order valence-corrected chi connectivity index (χ1v) is 19.3. The molecule has 0 bridgehead atoms. The highest BCUT2D eigenvalue weighted by atomic mass is 79.9. The maximum absolute atomic E-state index is 12.9. The van der Waals surface area contributed by atoms with Crippen LogP contribution in [0.15, 0.2) is 114 Å². The summed E-state index contributed by atoms with van der Waals surface area (Å²) < 4.78 is 23.7. The number of carboxylic acid groups (broad SMARTS) is 2. The van der Waals surface area contributed by atoms with Gasteiger partial charge in [-0.05, 0) is 110 Å². The van der Waals surface area contributed by atoms with Crippen LogP contribution in [0.25, 0.3) is 11.1 Å². The van der Waals surface area contributed by atoms with Crippen molar-refractivity contribution in [2.24, 2.45) is 11.8 Å². The second-order valence-corrected chi connectivity index (χ2v) is 14.5. The van der Waals surface area contributed by atoms with Crippen molar-refractivity contribution in [3.8, 4) is 34.6 Å². The molecular weight excluding hydrogens is 798 g/mol. The van der Waals surface area contributed by atoms with E-state index in [0.29, 0.717) is 72.5 Å². The molecule has 0 saturated heterocycles. The zero-order valence-corrected chi connectivity index (χ0v) is 32.3. The molecule has 0 spiro atoms. The van der Waals surface area contributed by atoms with Crippen LogP contribution in [0.3, 0.4) is 0 Å². The predicted molar refractivity (Wildman–Crippen MR) is 210 cm³/mol. The first-order chi connectivity index (χ1) is 27.6. The third kappa shape index (κ3) is 11.7. The molecule has 2 aromatic carbocycles. The molecule has 57 heavy (non-hydrogen) atoms. The zero-order chi connectivity index (χ0) is 40.1. The van der Waals surface area contributed by atoms with Crippen molar-refractivity contribution in [2.75, 3.05) is 0 Å². The maximum atomic E-state index is 12.9. The fourth-order valence-corrected chi connectivity index (χ4v) is 6.70. The second-order valence-electron chi connectivity index (χ2n) is 13.6. The van der Waals surface area contributed by atoms with E-state index in [1.165, 1.54) is 6.07 Å². The molecule has 3 aromatic heterocycles. The molecule has 0 aliphatic heterocycles. The van der Waals surface area contributed by atoms with Crippen molar-refractivity contribution >= 4 is 39.8 Å². The summed E-state index contributed by atoms with van der Waals surface area (Å²) in [4.78, 5) is 60.3. The second kappa shape index (κ2) is 19.6. The van der Waals surface area contributed by atoms with Gasteiger partial charge in [-0.1, -0.05) is 36.4 Å². The van der Waals surface area contributed by atoms with Gasteiger partial charge in [0.15, 0.2) is 0 Å². The highest BCUT2D eigenvalue weighted by molar-refractivity contribution is 9.10. The number of nitrogens with zero attached hydrogens (tertiary/aromatic N) is 3. The van der Waals surface area contributed by atoms with Gasteiger partial charge in [-0.3, -0.25) is 9.59 Å². The Morgan fingerprint density at radius 1 is 0.544 bits per heavy atom. The van der Waals surface area contributed by atoms with Gasteiger partial charge in [0.25, 0.3) is 0 Å². The van der Waals surface area contributed by atoms with Crippen LogP contribution in [0.1, 0.15) is 72.1 Å². The summed E-state index contributed by atoms with van der Waals surface area (Å²) in [5.74, 6) is -2.26. The summed E-state index contributed by atoms with van der Waals surface area (Å²) in [5, 5.41) is 18.1. The molecule has 3 heterocycles. The highest BCUT2D eigenvalue weighted by Gasteiger charge is 2.28. The van der Waals surface area contributed by atoms with Crippen LogP contribution in [0.5, 0.6) is 23.5 Å². The Labute approximate surface area is 337 Å². The summed E-state index contributed by atoms with van der Waals surface area (Å²) in [5.41, 5.74) is 1.75. The van der Waals surface area contributed by atoms with Crippen molar-refractivity contribution in [3.05, 3.63) is 125 Å². The van der Waals surface area contributed by atoms with E-state index in [2.05, 4.69) is 30.9 Å². The van der Waals surface area contributed by atoms with E-state index in [-0.39, 0.29) is 35.8 Å². The van der Waals surface area contributed by atoms with E-state index >= 15 is 0 Å². The lowest BCUT2D eigenvalue weighted by Gasteiger charge is -2.26. The average Bonchev–Trinajstić information content (AvgIpc) is 3.23. The number of aromatic nitrogens is 3. The van der Waals surface area contributed by atoms with Crippen molar-refractivity contribution < 1.29 is 48.3 Å². The number of aliphatic carboxylic acids is 2. The fourth-order valence-electron chi connectivity index (χ4n) is 6.47. The molecule has 7 rings (SSSR count). The molecule has 2 aliphatic rings. The van der Waals surface area contributed by atoms with Crippen LogP contribution in [-0.4, -0.2) is 61.3 Å². The Morgan fingerprint density at radius 2 is 1.02 bits per heavy atom. The van der Waals surface area contributed by atoms with Crippen LogP contribution in [-0.2, 0) is 9.59 Å². The molecule has 294 valence electrons. The Bertz CT molecular complexity index is 2120. The first-order valence-electron chi connectivity index (χ1n) is 18.5. The lowest BCUT2D eigenvalue weighted by molar-refractivity contribution is -0.144. The van der Waals surface area contributed by atoms with E-state index < -0.39 is 23.9 Å². The number of pyridine rings is 3. The molecule has 5 aromatic rings. The number of hydrogen-bond donors (Lipinski definition) is 2. The lowest BCUT2D eigenvalue weighted by Crippen LogP contribution is -2.28. The normalized spacial score (nSPS) is 18.8. The molecular formula is C43H40BrN3O10.